The Morgan fingerprint density at radius 2 is 2.33 bits per heavy atom. The van der Waals surface area contributed by atoms with E-state index in [9.17, 15) is 4.79 Å². The first-order chi connectivity index (χ1) is 7.11. The first-order valence-corrected chi connectivity index (χ1v) is 5.57. The normalized spacial score (nSPS) is 25.1. The molecule has 5 heteroatoms. The van der Waals surface area contributed by atoms with Gasteiger partial charge in [-0.05, 0) is 26.4 Å². The number of nitrogens with one attached hydrogen (secondary N) is 1. The van der Waals surface area contributed by atoms with Crippen molar-refractivity contribution < 1.29 is 4.79 Å². The third-order valence-corrected chi connectivity index (χ3v) is 3.03. The molecule has 0 bridgehead atoms. The fraction of sp³-hybridized carbons (Fsp3) is 0.900. The molecule has 0 spiro atoms. The molecule has 15 heavy (non-hydrogen) atoms. The van der Waals surface area contributed by atoms with Crippen LogP contribution in [0, 0.1) is 0 Å². The molecule has 1 fully saturated rings. The number of nitrogens with two attached hydrogens (primary N) is 2. The van der Waals surface area contributed by atoms with Crippen molar-refractivity contribution in [1.82, 2.24) is 10.2 Å². The van der Waals surface area contributed by atoms with E-state index in [4.69, 9.17) is 11.5 Å². The van der Waals surface area contributed by atoms with E-state index in [2.05, 4.69) is 17.3 Å². The molecule has 0 aromatic rings. The van der Waals surface area contributed by atoms with Gasteiger partial charge in [0, 0.05) is 19.1 Å². The largest absolute Gasteiger partial charge is 0.368 e. The second-order valence-corrected chi connectivity index (χ2v) is 4.30. The van der Waals surface area contributed by atoms with Crippen molar-refractivity contribution >= 4 is 5.91 Å². The van der Waals surface area contributed by atoms with Crippen LogP contribution in [-0.4, -0.2) is 49.6 Å². The van der Waals surface area contributed by atoms with Gasteiger partial charge in [0.15, 0.2) is 0 Å². The molecule has 88 valence electrons. The van der Waals surface area contributed by atoms with Crippen LogP contribution in [0.1, 0.15) is 19.3 Å². The van der Waals surface area contributed by atoms with E-state index >= 15 is 0 Å². The first-order valence-electron chi connectivity index (χ1n) is 5.57. The molecule has 0 radical (unpaired) electrons. The Hall–Kier alpha value is -0.650. The summed E-state index contributed by atoms with van der Waals surface area (Å²) in [4.78, 5) is 13.0. The lowest BCUT2D eigenvalue weighted by molar-refractivity contribution is -0.119. The number of rotatable bonds is 5. The molecule has 2 unspecified atom stereocenters. The van der Waals surface area contributed by atoms with Gasteiger partial charge in [-0.3, -0.25) is 4.79 Å². The van der Waals surface area contributed by atoms with Crippen molar-refractivity contribution in [2.45, 2.75) is 31.3 Å². The van der Waals surface area contributed by atoms with E-state index in [1.54, 1.807) is 0 Å². The lowest BCUT2D eigenvalue weighted by Gasteiger charge is -2.32. The highest BCUT2D eigenvalue weighted by Crippen LogP contribution is 2.13. The van der Waals surface area contributed by atoms with Gasteiger partial charge in [-0.1, -0.05) is 6.42 Å². The third kappa shape index (κ3) is 4.15. The maximum absolute atomic E-state index is 10.7. The van der Waals surface area contributed by atoms with Gasteiger partial charge in [-0.15, -0.1) is 0 Å². The highest BCUT2D eigenvalue weighted by atomic mass is 16.1. The minimum atomic E-state index is -0.570. The van der Waals surface area contributed by atoms with Crippen LogP contribution < -0.4 is 16.8 Å². The summed E-state index contributed by atoms with van der Waals surface area (Å²) in [5, 5.41) is 3.20. The van der Waals surface area contributed by atoms with Gasteiger partial charge in [0.2, 0.25) is 5.91 Å². The Labute approximate surface area is 91.2 Å². The van der Waals surface area contributed by atoms with Crippen molar-refractivity contribution in [1.29, 1.82) is 0 Å². The summed E-state index contributed by atoms with van der Waals surface area (Å²) in [6, 6.07) is -0.00211. The number of amides is 1. The molecule has 2 atom stereocenters. The third-order valence-electron chi connectivity index (χ3n) is 3.03. The highest BCUT2D eigenvalue weighted by molar-refractivity contribution is 5.79. The maximum Gasteiger partial charge on any atom is 0.235 e. The lowest BCUT2D eigenvalue weighted by Crippen LogP contribution is -2.48. The predicted octanol–water partition coefficient (Wildman–Crippen LogP) is -1.13. The number of likely N-dealkylation sites (tertiary alicyclic amines) is 1. The lowest BCUT2D eigenvalue weighted by atomic mass is 10.0. The van der Waals surface area contributed by atoms with Crippen LogP contribution in [0.4, 0.5) is 0 Å². The van der Waals surface area contributed by atoms with E-state index in [-0.39, 0.29) is 0 Å². The highest BCUT2D eigenvalue weighted by Gasteiger charge is 2.18. The van der Waals surface area contributed by atoms with E-state index < -0.39 is 11.9 Å². The van der Waals surface area contributed by atoms with Crippen LogP contribution in [0.2, 0.25) is 0 Å². The van der Waals surface area contributed by atoms with Crippen molar-refractivity contribution in [2.75, 3.05) is 26.7 Å². The van der Waals surface area contributed by atoms with Crippen molar-refractivity contribution in [3.05, 3.63) is 0 Å². The van der Waals surface area contributed by atoms with Gasteiger partial charge in [0.25, 0.3) is 0 Å². The summed E-state index contributed by atoms with van der Waals surface area (Å²) in [6.07, 6.45) is 3.79. The fourth-order valence-electron chi connectivity index (χ4n) is 1.91. The number of hydrogen-bond donors (Lipinski definition) is 3. The van der Waals surface area contributed by atoms with Crippen molar-refractivity contribution in [3.63, 3.8) is 0 Å². The average Bonchev–Trinajstić information content (AvgIpc) is 2.20. The minimum Gasteiger partial charge on any atom is -0.368 e. The summed E-state index contributed by atoms with van der Waals surface area (Å²) >= 11 is 0. The number of hydrogen-bond acceptors (Lipinski definition) is 4. The summed E-state index contributed by atoms with van der Waals surface area (Å²) in [6.45, 7) is 2.52. The molecule has 0 aromatic heterocycles. The molecule has 1 amide bonds. The molecule has 1 heterocycles. The molecule has 1 aliphatic heterocycles. The molecule has 0 aliphatic carbocycles. The molecule has 1 saturated heterocycles. The monoisotopic (exact) mass is 214 g/mol. The van der Waals surface area contributed by atoms with Crippen molar-refractivity contribution in [2.24, 2.45) is 11.5 Å². The first kappa shape index (κ1) is 12.4. The van der Waals surface area contributed by atoms with Gasteiger partial charge in [0.05, 0.1) is 6.04 Å². The fourth-order valence-corrected chi connectivity index (χ4v) is 1.91. The number of primary amides is 1. The van der Waals surface area contributed by atoms with E-state index in [1.807, 2.05) is 0 Å². The zero-order valence-electron chi connectivity index (χ0n) is 9.41. The molecule has 1 rings (SSSR count). The van der Waals surface area contributed by atoms with Crippen LogP contribution in [0.3, 0.4) is 0 Å². The Balaban J connectivity index is 2.16. The zero-order chi connectivity index (χ0) is 11.3. The van der Waals surface area contributed by atoms with Crippen LogP contribution >= 0.6 is 0 Å². The molecule has 0 saturated carbocycles. The van der Waals surface area contributed by atoms with Gasteiger partial charge >= 0.3 is 0 Å². The summed E-state index contributed by atoms with van der Waals surface area (Å²) < 4.78 is 0. The topological polar surface area (TPSA) is 84.4 Å². The Morgan fingerprint density at radius 3 is 2.93 bits per heavy atom. The number of nitrogens with zero attached hydrogens (tertiary/aromatic N) is 1. The zero-order valence-corrected chi connectivity index (χ0v) is 9.41. The summed E-state index contributed by atoms with van der Waals surface area (Å²) in [7, 11) is 2.14. The second-order valence-electron chi connectivity index (χ2n) is 4.30. The van der Waals surface area contributed by atoms with E-state index in [0.717, 1.165) is 13.1 Å². The molecule has 5 N–H and O–H groups in total. The standard InChI is InChI=1S/C10H22N4O/c1-14-5-3-2-4-8(14)6-13-7-9(11)10(12)15/h8-9,13H,2-7,11H2,1H3,(H2,12,15). The molecular weight excluding hydrogens is 192 g/mol. The minimum absolute atomic E-state index is 0.445. The second kappa shape index (κ2) is 6.05. The van der Waals surface area contributed by atoms with Crippen LogP contribution in [-0.2, 0) is 4.79 Å². The van der Waals surface area contributed by atoms with Gasteiger partial charge in [0.1, 0.15) is 0 Å². The summed E-state index contributed by atoms with van der Waals surface area (Å²) in [5.74, 6) is -0.445. The van der Waals surface area contributed by atoms with Crippen LogP contribution in [0.25, 0.3) is 0 Å². The van der Waals surface area contributed by atoms with E-state index in [0.29, 0.717) is 12.6 Å². The van der Waals surface area contributed by atoms with Gasteiger partial charge in [-0.2, -0.15) is 0 Å². The quantitative estimate of drug-likeness (QED) is 0.541. The van der Waals surface area contributed by atoms with Crippen molar-refractivity contribution in [3.8, 4) is 0 Å². The summed E-state index contributed by atoms with van der Waals surface area (Å²) in [5.41, 5.74) is 10.6. The number of carbonyl (C=O) groups excluding carboxylic acids is 1. The smallest absolute Gasteiger partial charge is 0.235 e. The average molecular weight is 214 g/mol. The van der Waals surface area contributed by atoms with Crippen LogP contribution in [0.15, 0.2) is 0 Å². The molecule has 0 aromatic carbocycles. The number of carbonyl (C=O) groups is 1. The Morgan fingerprint density at radius 1 is 1.60 bits per heavy atom. The molecule has 5 nitrogen and oxygen atoms in total. The Kier molecular flexibility index (Phi) is 5.01. The maximum atomic E-state index is 10.7. The molecule has 1 aliphatic rings. The SMILES string of the molecule is CN1CCCCC1CNCC(N)C(N)=O. The van der Waals surface area contributed by atoms with Crippen LogP contribution in [0.5, 0.6) is 0 Å². The van der Waals surface area contributed by atoms with Gasteiger partial charge in [-0.25, -0.2) is 0 Å². The number of likely N-dealkylation sites (N-methyl/N-ethyl adjacent to an activating group) is 1. The Bertz CT molecular complexity index is 210. The predicted molar refractivity (Wildman–Crippen MR) is 60.3 cm³/mol. The van der Waals surface area contributed by atoms with E-state index in [1.165, 1.54) is 19.3 Å². The number of piperidine rings is 1. The molecular formula is C10H22N4O. The van der Waals surface area contributed by atoms with Gasteiger partial charge < -0.3 is 21.7 Å².